The lowest BCUT2D eigenvalue weighted by atomic mass is 10.2. The number of anilines is 3. The summed E-state index contributed by atoms with van der Waals surface area (Å²) in [6.07, 6.45) is 1.88. The van der Waals surface area contributed by atoms with Crippen molar-refractivity contribution in [3.8, 4) is 0 Å². The minimum Gasteiger partial charge on any atom is -0.359 e. The van der Waals surface area contributed by atoms with Gasteiger partial charge in [0, 0.05) is 36.6 Å². The third-order valence-electron chi connectivity index (χ3n) is 4.24. The van der Waals surface area contributed by atoms with Crippen molar-refractivity contribution in [2.24, 2.45) is 0 Å². The average Bonchev–Trinajstić information content (AvgIpc) is 3.00. The number of nitrogens with one attached hydrogen (secondary N) is 2. The number of H-pyrrole nitrogens is 1. The van der Waals surface area contributed by atoms with E-state index in [4.69, 9.17) is 0 Å². The second-order valence-electron chi connectivity index (χ2n) is 6.23. The number of fused-ring (bicyclic) bond motifs is 1. The van der Waals surface area contributed by atoms with Crippen LogP contribution in [-0.4, -0.2) is 35.4 Å². The Morgan fingerprint density at radius 3 is 2.36 bits per heavy atom. The maximum Gasteiger partial charge on any atom is 0.246 e. The monoisotopic (exact) mass is 335 g/mol. The fourth-order valence-corrected chi connectivity index (χ4v) is 2.75. The number of amidine groups is 1. The summed E-state index contributed by atoms with van der Waals surface area (Å²) in [4.78, 5) is 17.3. The van der Waals surface area contributed by atoms with Crippen LogP contribution in [0, 0.1) is 0 Å². The van der Waals surface area contributed by atoms with Crippen molar-refractivity contribution in [1.82, 2.24) is 4.98 Å². The van der Waals surface area contributed by atoms with E-state index in [1.165, 1.54) is 0 Å². The minimum atomic E-state index is -0.0264. The van der Waals surface area contributed by atoms with Crippen LogP contribution in [0.2, 0.25) is 0 Å². The maximum atomic E-state index is 12.3. The summed E-state index contributed by atoms with van der Waals surface area (Å²) in [5.41, 5.74) is 3.70. The molecular weight excluding hydrogens is 312 g/mol. The lowest BCUT2D eigenvalue weighted by Crippen LogP contribution is -2.22. The van der Waals surface area contributed by atoms with Crippen LogP contribution in [0.5, 0.6) is 0 Å². The SMILES string of the molecule is CC(=O)N(c1ccc(NC(C)=[N+](C)C)cc1)c1c[nH]c2ccccc12. The number of carbonyl (C=O) groups excluding carboxylic acids is 1. The number of benzene rings is 2. The molecule has 2 aromatic carbocycles. The molecule has 3 aromatic rings. The first kappa shape index (κ1) is 16.8. The van der Waals surface area contributed by atoms with Crippen molar-refractivity contribution >= 4 is 39.7 Å². The van der Waals surface area contributed by atoms with Gasteiger partial charge in [-0.3, -0.25) is 14.3 Å². The van der Waals surface area contributed by atoms with Crippen LogP contribution < -0.4 is 10.2 Å². The molecule has 5 nitrogen and oxygen atoms in total. The second-order valence-corrected chi connectivity index (χ2v) is 6.23. The number of hydrogen-bond donors (Lipinski definition) is 2. The molecule has 1 amide bonds. The summed E-state index contributed by atoms with van der Waals surface area (Å²) >= 11 is 0. The van der Waals surface area contributed by atoms with Crippen molar-refractivity contribution < 1.29 is 9.37 Å². The van der Waals surface area contributed by atoms with Crippen LogP contribution in [-0.2, 0) is 4.79 Å². The molecule has 128 valence electrons. The molecule has 0 aliphatic carbocycles. The van der Waals surface area contributed by atoms with Gasteiger partial charge in [-0.2, -0.15) is 0 Å². The average molecular weight is 335 g/mol. The molecule has 1 aromatic heterocycles. The van der Waals surface area contributed by atoms with Crippen molar-refractivity contribution in [1.29, 1.82) is 0 Å². The molecule has 0 aliphatic rings. The summed E-state index contributed by atoms with van der Waals surface area (Å²) in [6.45, 7) is 3.60. The number of rotatable bonds is 3. The Balaban J connectivity index is 1.97. The highest BCUT2D eigenvalue weighted by molar-refractivity contribution is 6.07. The molecule has 2 N–H and O–H groups in total. The summed E-state index contributed by atoms with van der Waals surface area (Å²) in [6, 6.07) is 15.8. The Labute approximate surface area is 147 Å². The van der Waals surface area contributed by atoms with Crippen molar-refractivity contribution in [3.05, 3.63) is 54.7 Å². The van der Waals surface area contributed by atoms with Gasteiger partial charge in [0.05, 0.1) is 19.8 Å². The smallest absolute Gasteiger partial charge is 0.246 e. The molecule has 0 saturated heterocycles. The highest BCUT2D eigenvalue weighted by atomic mass is 16.2. The zero-order valence-corrected chi connectivity index (χ0v) is 15.0. The van der Waals surface area contributed by atoms with Gasteiger partial charge < -0.3 is 4.98 Å². The summed E-state index contributed by atoms with van der Waals surface area (Å²) in [5.74, 6) is 1.02. The summed E-state index contributed by atoms with van der Waals surface area (Å²) in [7, 11) is 3.98. The fourth-order valence-electron chi connectivity index (χ4n) is 2.75. The Bertz CT molecular complexity index is 934. The number of aromatic nitrogens is 1. The minimum absolute atomic E-state index is 0.0264. The van der Waals surface area contributed by atoms with E-state index < -0.39 is 0 Å². The lowest BCUT2D eigenvalue weighted by Gasteiger charge is -2.20. The Kier molecular flexibility index (Phi) is 4.57. The molecule has 0 bridgehead atoms. The third kappa shape index (κ3) is 3.40. The molecule has 0 fully saturated rings. The normalized spacial score (nSPS) is 10.6. The van der Waals surface area contributed by atoms with Crippen molar-refractivity contribution in [2.75, 3.05) is 24.3 Å². The zero-order valence-electron chi connectivity index (χ0n) is 15.0. The van der Waals surface area contributed by atoms with Crippen LogP contribution in [0.1, 0.15) is 13.8 Å². The summed E-state index contributed by atoms with van der Waals surface area (Å²) < 4.78 is 2.02. The van der Waals surface area contributed by atoms with Gasteiger partial charge in [0.15, 0.2) is 0 Å². The summed E-state index contributed by atoms with van der Waals surface area (Å²) in [5, 5.41) is 4.36. The van der Waals surface area contributed by atoms with E-state index >= 15 is 0 Å². The van der Waals surface area contributed by atoms with E-state index in [0.29, 0.717) is 0 Å². The van der Waals surface area contributed by atoms with E-state index in [1.807, 2.05) is 80.3 Å². The highest BCUT2D eigenvalue weighted by Gasteiger charge is 2.18. The van der Waals surface area contributed by atoms with Crippen LogP contribution in [0.3, 0.4) is 0 Å². The molecule has 0 unspecified atom stereocenters. The number of carbonyl (C=O) groups is 1. The molecule has 0 atom stereocenters. The van der Waals surface area contributed by atoms with Gasteiger partial charge >= 0.3 is 0 Å². The van der Waals surface area contributed by atoms with Gasteiger partial charge in [-0.15, -0.1) is 0 Å². The van der Waals surface area contributed by atoms with Gasteiger partial charge in [0.2, 0.25) is 11.7 Å². The topological polar surface area (TPSA) is 51.1 Å². The largest absolute Gasteiger partial charge is 0.359 e. The quantitative estimate of drug-likeness (QED) is 0.432. The van der Waals surface area contributed by atoms with Gasteiger partial charge in [-0.1, -0.05) is 18.2 Å². The van der Waals surface area contributed by atoms with Gasteiger partial charge in [0.25, 0.3) is 0 Å². The molecule has 0 spiro atoms. The molecule has 0 radical (unpaired) electrons. The number of para-hydroxylation sites is 1. The first-order valence-electron chi connectivity index (χ1n) is 8.22. The van der Waals surface area contributed by atoms with E-state index in [-0.39, 0.29) is 5.91 Å². The van der Waals surface area contributed by atoms with E-state index in [9.17, 15) is 4.79 Å². The van der Waals surface area contributed by atoms with Crippen LogP contribution in [0.25, 0.3) is 10.9 Å². The van der Waals surface area contributed by atoms with E-state index in [2.05, 4.69) is 10.3 Å². The molecular formula is C20H23N4O+. The number of aromatic amines is 1. The number of nitrogens with zero attached hydrogens (tertiary/aromatic N) is 2. The second kappa shape index (κ2) is 6.81. The molecule has 3 rings (SSSR count). The highest BCUT2D eigenvalue weighted by Crippen LogP contribution is 2.33. The van der Waals surface area contributed by atoms with Crippen LogP contribution in [0.4, 0.5) is 17.1 Å². The Morgan fingerprint density at radius 1 is 1.04 bits per heavy atom. The van der Waals surface area contributed by atoms with E-state index in [0.717, 1.165) is 33.8 Å². The first-order chi connectivity index (χ1) is 12.0. The number of hydrogen-bond acceptors (Lipinski definition) is 1. The van der Waals surface area contributed by atoms with Crippen LogP contribution >= 0.6 is 0 Å². The molecule has 1 heterocycles. The van der Waals surface area contributed by atoms with Gasteiger partial charge in [0.1, 0.15) is 5.69 Å². The third-order valence-corrected chi connectivity index (χ3v) is 4.24. The van der Waals surface area contributed by atoms with Gasteiger partial charge in [-0.05, 0) is 30.3 Å². The van der Waals surface area contributed by atoms with Crippen molar-refractivity contribution in [2.45, 2.75) is 13.8 Å². The maximum absolute atomic E-state index is 12.3. The molecule has 0 saturated carbocycles. The molecule has 25 heavy (non-hydrogen) atoms. The van der Waals surface area contributed by atoms with E-state index in [1.54, 1.807) is 11.8 Å². The van der Waals surface area contributed by atoms with Gasteiger partial charge in [-0.25, -0.2) is 5.32 Å². The predicted octanol–water partition coefficient (Wildman–Crippen LogP) is 3.95. The molecule has 0 aliphatic heterocycles. The molecule has 5 heteroatoms. The van der Waals surface area contributed by atoms with Crippen LogP contribution in [0.15, 0.2) is 54.7 Å². The van der Waals surface area contributed by atoms with Crippen molar-refractivity contribution in [3.63, 3.8) is 0 Å². The first-order valence-corrected chi connectivity index (χ1v) is 8.22. The zero-order chi connectivity index (χ0) is 18.0. The Morgan fingerprint density at radius 2 is 1.72 bits per heavy atom. The standard InChI is InChI=1S/C20H22N4O/c1-14(23(3)4)22-16-9-11-17(12-10-16)24(15(2)25)20-13-21-19-8-6-5-7-18(19)20/h5-13,21H,1-4H3/p+1. The number of amides is 1. The lowest BCUT2D eigenvalue weighted by molar-refractivity contribution is -0.464. The predicted molar refractivity (Wildman–Crippen MR) is 104 cm³/mol. The fraction of sp³-hybridized carbons (Fsp3) is 0.200. The Hall–Kier alpha value is -3.08.